The molecule has 0 unspecified atom stereocenters. The van der Waals surface area contributed by atoms with Gasteiger partial charge in [0.1, 0.15) is 5.82 Å². The maximum absolute atomic E-state index is 16.4. The molecule has 0 radical (unpaired) electrons. The lowest BCUT2D eigenvalue weighted by Crippen LogP contribution is -2.64. The van der Waals surface area contributed by atoms with Crippen molar-refractivity contribution in [2.24, 2.45) is 17.8 Å². The third kappa shape index (κ3) is 8.67. The molecule has 3 aromatic rings. The average Bonchev–Trinajstić information content (AvgIpc) is 3.68. The molecule has 8 rings (SSSR count). The zero-order valence-corrected chi connectivity index (χ0v) is 34.9. The highest BCUT2D eigenvalue weighted by molar-refractivity contribution is 7.91. The Morgan fingerprint density at radius 1 is 0.831 bits per heavy atom. The average molecular weight is 833 g/mol. The number of hydrogen-bond donors (Lipinski definition) is 1. The minimum Gasteiger partial charge on any atom is -0.469 e. The number of piperidine rings is 2. The standard InChI is InChI=1S/C46H58F2N4O6S/c1-58-43(54)27-34-5-2-8-42(34)46(32-49-21-4-22-49,36-6-3-7-37(47)28-36)35-17-23-50(24-18-35)29-45(48)30-52(31-45)38-11-15-41(16-12-38)59(56,57)40-13-9-33(10-14-40)44(55)51-25-19-39(53)20-26-51/h3,6-7,9-16,28,34-35,39,42,53H,2,4-5,8,17-27,29-32H2,1H3/t34-,42+,46+/m1/s1. The SMILES string of the molecule is COC(=O)C[C@H]1CCC[C@@H]1[C@](CN1CCC1)(c1cccc(F)c1)C1CCN(CC2(F)CN(c3ccc(S(=O)(=O)c4ccc(C(=O)N5CCC(O)CC5)cc4)cc3)C2)CC1. The fourth-order valence-corrected chi connectivity index (χ4v) is 12.2. The smallest absolute Gasteiger partial charge is 0.305 e. The maximum atomic E-state index is 16.4. The molecular weight excluding hydrogens is 775 g/mol. The summed E-state index contributed by atoms with van der Waals surface area (Å²) in [5.74, 6) is 0.0253. The van der Waals surface area contributed by atoms with E-state index in [9.17, 15) is 23.1 Å². The minimum atomic E-state index is -3.84. The molecule has 1 N–H and O–H groups in total. The Morgan fingerprint density at radius 2 is 1.49 bits per heavy atom. The normalized spacial score (nSPS) is 24.3. The molecule has 0 aromatic heterocycles. The number of aliphatic hydroxyl groups is 1. The Morgan fingerprint density at radius 3 is 2.10 bits per heavy atom. The van der Waals surface area contributed by atoms with Crippen LogP contribution in [0.2, 0.25) is 0 Å². The van der Waals surface area contributed by atoms with E-state index < -0.39 is 21.6 Å². The molecule has 5 fully saturated rings. The maximum Gasteiger partial charge on any atom is 0.305 e. The number of anilines is 1. The van der Waals surface area contributed by atoms with Crippen LogP contribution in [-0.2, 0) is 24.8 Å². The van der Waals surface area contributed by atoms with Crippen LogP contribution >= 0.6 is 0 Å². The third-order valence-corrected chi connectivity index (χ3v) is 16.0. The van der Waals surface area contributed by atoms with E-state index in [2.05, 4.69) is 15.9 Å². The summed E-state index contributed by atoms with van der Waals surface area (Å²) >= 11 is 0. The van der Waals surface area contributed by atoms with Crippen molar-refractivity contribution in [3.8, 4) is 0 Å². The Kier molecular flexibility index (Phi) is 12.2. The highest BCUT2D eigenvalue weighted by Crippen LogP contribution is 2.54. The molecule has 10 nitrogen and oxygen atoms in total. The number of methoxy groups -OCH3 is 1. The molecule has 0 spiro atoms. The van der Waals surface area contributed by atoms with Crippen molar-refractivity contribution >= 4 is 27.4 Å². The van der Waals surface area contributed by atoms with Crippen LogP contribution in [0.1, 0.15) is 73.7 Å². The van der Waals surface area contributed by atoms with E-state index in [1.54, 1.807) is 35.2 Å². The fourth-order valence-electron chi connectivity index (χ4n) is 11.0. The summed E-state index contributed by atoms with van der Waals surface area (Å²) in [6.07, 6.45) is 6.90. The van der Waals surface area contributed by atoms with E-state index in [0.717, 1.165) is 82.5 Å². The Bertz CT molecular complexity index is 2060. The Labute approximate surface area is 347 Å². The summed E-state index contributed by atoms with van der Waals surface area (Å²) < 4.78 is 63.5. The molecule has 5 aliphatic rings. The predicted molar refractivity (Wildman–Crippen MR) is 221 cm³/mol. The van der Waals surface area contributed by atoms with Crippen molar-refractivity contribution in [1.82, 2.24) is 14.7 Å². The Balaban J connectivity index is 0.897. The van der Waals surface area contributed by atoms with Gasteiger partial charge in [-0.25, -0.2) is 17.2 Å². The molecule has 4 saturated heterocycles. The van der Waals surface area contributed by atoms with Gasteiger partial charge in [0.05, 0.1) is 36.1 Å². The van der Waals surface area contributed by atoms with Gasteiger partial charge in [-0.15, -0.1) is 0 Å². The number of esters is 1. The summed E-state index contributed by atoms with van der Waals surface area (Å²) in [5.41, 5.74) is 0.458. The van der Waals surface area contributed by atoms with Crippen LogP contribution in [0.4, 0.5) is 14.5 Å². The predicted octanol–water partition coefficient (Wildman–Crippen LogP) is 6.12. The van der Waals surface area contributed by atoms with Gasteiger partial charge in [-0.05, 0) is 155 Å². The number of aliphatic hydroxyl groups excluding tert-OH is 1. The van der Waals surface area contributed by atoms with Gasteiger partial charge >= 0.3 is 5.97 Å². The first kappa shape index (κ1) is 41.8. The molecule has 318 valence electrons. The first-order valence-electron chi connectivity index (χ1n) is 21.5. The van der Waals surface area contributed by atoms with Gasteiger partial charge in [0.15, 0.2) is 5.67 Å². The van der Waals surface area contributed by atoms with Crippen molar-refractivity contribution in [3.05, 3.63) is 89.7 Å². The molecule has 0 bridgehead atoms. The molecule has 1 saturated carbocycles. The van der Waals surface area contributed by atoms with Gasteiger partial charge in [-0.2, -0.15) is 0 Å². The number of halogens is 2. The molecule has 13 heteroatoms. The number of carbonyl (C=O) groups is 2. The molecule has 3 aromatic carbocycles. The number of amides is 1. The van der Waals surface area contributed by atoms with Gasteiger partial charge < -0.3 is 24.5 Å². The lowest BCUT2D eigenvalue weighted by atomic mass is 9.56. The van der Waals surface area contributed by atoms with Crippen LogP contribution in [0, 0.1) is 23.6 Å². The molecule has 4 aliphatic heterocycles. The number of alkyl halides is 1. The van der Waals surface area contributed by atoms with Gasteiger partial charge in [0.25, 0.3) is 5.91 Å². The number of carbonyl (C=O) groups excluding carboxylic acids is 2. The van der Waals surface area contributed by atoms with Crippen molar-refractivity contribution in [2.45, 2.75) is 84.8 Å². The highest BCUT2D eigenvalue weighted by atomic mass is 32.2. The second-order valence-corrected chi connectivity index (χ2v) is 19.8. The van der Waals surface area contributed by atoms with Crippen LogP contribution in [0.3, 0.4) is 0 Å². The van der Waals surface area contributed by atoms with E-state index >= 15 is 8.78 Å². The molecule has 59 heavy (non-hydrogen) atoms. The number of likely N-dealkylation sites (tertiary alicyclic amines) is 3. The van der Waals surface area contributed by atoms with Gasteiger partial charge in [-0.1, -0.05) is 18.6 Å². The summed E-state index contributed by atoms with van der Waals surface area (Å²) in [6, 6.07) is 19.7. The number of hydrogen-bond acceptors (Lipinski definition) is 9. The van der Waals surface area contributed by atoms with Crippen molar-refractivity contribution in [1.29, 1.82) is 0 Å². The second-order valence-electron chi connectivity index (χ2n) is 17.9. The van der Waals surface area contributed by atoms with Crippen LogP contribution in [-0.4, -0.2) is 124 Å². The van der Waals surface area contributed by atoms with E-state index in [0.29, 0.717) is 44.5 Å². The molecule has 3 atom stereocenters. The van der Waals surface area contributed by atoms with Crippen molar-refractivity contribution in [2.75, 3.05) is 77.5 Å². The van der Waals surface area contributed by atoms with Crippen LogP contribution in [0.5, 0.6) is 0 Å². The monoisotopic (exact) mass is 832 g/mol. The first-order valence-corrected chi connectivity index (χ1v) is 23.0. The van der Waals surface area contributed by atoms with E-state index in [-0.39, 0.29) is 63.7 Å². The number of rotatable bonds is 13. The van der Waals surface area contributed by atoms with E-state index in [1.807, 2.05) is 11.0 Å². The zero-order valence-electron chi connectivity index (χ0n) is 34.1. The first-order chi connectivity index (χ1) is 28.4. The van der Waals surface area contributed by atoms with Crippen molar-refractivity contribution < 1.29 is 36.6 Å². The molecular formula is C46H58F2N4O6S. The van der Waals surface area contributed by atoms with Gasteiger partial charge in [-0.3, -0.25) is 14.5 Å². The summed E-state index contributed by atoms with van der Waals surface area (Å²) in [7, 11) is -2.39. The fraction of sp³-hybridized carbons (Fsp3) is 0.565. The topological polar surface area (TPSA) is 111 Å². The molecule has 4 heterocycles. The van der Waals surface area contributed by atoms with Crippen LogP contribution in [0.25, 0.3) is 0 Å². The summed E-state index contributed by atoms with van der Waals surface area (Å²) in [5, 5.41) is 9.76. The molecule has 1 aliphatic carbocycles. The zero-order chi connectivity index (χ0) is 41.4. The number of nitrogens with zero attached hydrogens (tertiary/aromatic N) is 4. The van der Waals surface area contributed by atoms with Crippen LogP contribution < -0.4 is 4.90 Å². The van der Waals surface area contributed by atoms with Crippen LogP contribution in [0.15, 0.2) is 82.6 Å². The summed E-state index contributed by atoms with van der Waals surface area (Å²) in [6.45, 7) is 6.03. The third-order valence-electron chi connectivity index (χ3n) is 14.2. The minimum absolute atomic E-state index is 0.0873. The van der Waals surface area contributed by atoms with Gasteiger partial charge in [0.2, 0.25) is 9.84 Å². The second kappa shape index (κ2) is 17.2. The largest absolute Gasteiger partial charge is 0.469 e. The Hall–Kier alpha value is -3.91. The van der Waals surface area contributed by atoms with Gasteiger partial charge in [0, 0.05) is 49.3 Å². The highest BCUT2D eigenvalue weighted by Gasteiger charge is 2.53. The quantitative estimate of drug-likeness (QED) is 0.204. The number of sulfone groups is 1. The summed E-state index contributed by atoms with van der Waals surface area (Å²) in [4.78, 5) is 34.1. The van der Waals surface area contributed by atoms with E-state index in [1.165, 1.54) is 37.4 Å². The lowest BCUT2D eigenvalue weighted by Gasteiger charge is -2.54. The van der Waals surface area contributed by atoms with E-state index in [4.69, 9.17) is 4.74 Å². The number of ether oxygens (including phenoxy) is 1. The molecule has 1 amide bonds. The van der Waals surface area contributed by atoms with Crippen molar-refractivity contribution in [3.63, 3.8) is 0 Å². The number of benzene rings is 3. The lowest BCUT2D eigenvalue weighted by molar-refractivity contribution is -0.142.